The van der Waals surface area contributed by atoms with Crippen LogP contribution in [0.2, 0.25) is 0 Å². The zero-order valence-corrected chi connectivity index (χ0v) is 10.7. The third kappa shape index (κ3) is 3.43. The van der Waals surface area contributed by atoms with E-state index < -0.39 is 17.6 Å². The average Bonchev–Trinajstić information content (AvgIpc) is 2.65. The Morgan fingerprint density at radius 1 is 1.47 bits per heavy atom. The second-order valence-electron chi connectivity index (χ2n) is 4.89. The summed E-state index contributed by atoms with van der Waals surface area (Å²) in [7, 11) is 0. The van der Waals surface area contributed by atoms with Crippen LogP contribution >= 0.6 is 0 Å². The number of carboxylic acid groups (broad SMARTS) is 1. The van der Waals surface area contributed by atoms with Crippen molar-refractivity contribution in [3.8, 4) is 0 Å². The molecule has 0 aromatic heterocycles. The Bertz CT molecular complexity index is 305. The van der Waals surface area contributed by atoms with E-state index in [1.807, 2.05) is 13.8 Å². The molecule has 17 heavy (non-hydrogen) atoms. The van der Waals surface area contributed by atoms with Gasteiger partial charge < -0.3 is 15.2 Å². The molecule has 1 heterocycles. The van der Waals surface area contributed by atoms with E-state index in [0.717, 1.165) is 6.42 Å². The van der Waals surface area contributed by atoms with Crippen molar-refractivity contribution in [3.05, 3.63) is 0 Å². The van der Waals surface area contributed by atoms with E-state index >= 15 is 0 Å². The first-order chi connectivity index (χ1) is 7.89. The maximum atomic E-state index is 11.9. The van der Waals surface area contributed by atoms with Crippen molar-refractivity contribution in [2.24, 2.45) is 0 Å². The van der Waals surface area contributed by atoms with Gasteiger partial charge in [-0.15, -0.1) is 0 Å². The van der Waals surface area contributed by atoms with Crippen molar-refractivity contribution in [2.45, 2.75) is 64.2 Å². The maximum Gasteiger partial charge on any atom is 0.329 e. The van der Waals surface area contributed by atoms with E-state index in [2.05, 4.69) is 5.32 Å². The van der Waals surface area contributed by atoms with Gasteiger partial charge in [-0.2, -0.15) is 0 Å². The molecule has 98 valence electrons. The number of aliphatic carboxylic acids is 1. The molecule has 1 aliphatic heterocycles. The third-order valence-electron chi connectivity index (χ3n) is 3.15. The van der Waals surface area contributed by atoms with Crippen LogP contribution < -0.4 is 5.32 Å². The lowest BCUT2D eigenvalue weighted by Crippen LogP contribution is -2.54. The van der Waals surface area contributed by atoms with Gasteiger partial charge in [-0.05, 0) is 33.1 Å². The van der Waals surface area contributed by atoms with Gasteiger partial charge in [0.1, 0.15) is 11.6 Å². The molecule has 0 aromatic carbocycles. The van der Waals surface area contributed by atoms with E-state index in [4.69, 9.17) is 9.84 Å². The standard InChI is InChI=1S/C12H21NO4/c1-4-7-12(3,11(15)16)13-10(14)9-6-5-8(2)17-9/h8-9H,4-7H2,1-3H3,(H,13,14)(H,15,16). The highest BCUT2D eigenvalue weighted by atomic mass is 16.5. The SMILES string of the molecule is CCCC(C)(NC(=O)C1CCC(C)O1)C(=O)O. The topological polar surface area (TPSA) is 75.6 Å². The highest BCUT2D eigenvalue weighted by Crippen LogP contribution is 2.21. The Hall–Kier alpha value is -1.10. The molecule has 3 unspecified atom stereocenters. The number of hydrogen-bond acceptors (Lipinski definition) is 3. The fraction of sp³-hybridized carbons (Fsp3) is 0.833. The van der Waals surface area contributed by atoms with E-state index in [-0.39, 0.29) is 12.0 Å². The van der Waals surface area contributed by atoms with Crippen molar-refractivity contribution in [3.63, 3.8) is 0 Å². The molecule has 5 nitrogen and oxygen atoms in total. The minimum Gasteiger partial charge on any atom is -0.480 e. The summed E-state index contributed by atoms with van der Waals surface area (Å²) >= 11 is 0. The van der Waals surface area contributed by atoms with Gasteiger partial charge in [0.2, 0.25) is 5.91 Å². The molecule has 5 heteroatoms. The first kappa shape index (κ1) is 14.0. The number of nitrogens with one attached hydrogen (secondary N) is 1. The van der Waals surface area contributed by atoms with Gasteiger partial charge in [-0.1, -0.05) is 13.3 Å². The van der Waals surface area contributed by atoms with Crippen LogP contribution in [0.1, 0.15) is 46.5 Å². The van der Waals surface area contributed by atoms with E-state index in [0.29, 0.717) is 19.3 Å². The molecule has 0 radical (unpaired) electrons. The fourth-order valence-electron chi connectivity index (χ4n) is 2.07. The lowest BCUT2D eigenvalue weighted by Gasteiger charge is -2.27. The van der Waals surface area contributed by atoms with Crippen molar-refractivity contribution in [1.82, 2.24) is 5.32 Å². The highest BCUT2D eigenvalue weighted by molar-refractivity contribution is 5.88. The van der Waals surface area contributed by atoms with Crippen LogP contribution in [0.25, 0.3) is 0 Å². The zero-order valence-electron chi connectivity index (χ0n) is 10.7. The molecule has 0 spiro atoms. The second kappa shape index (κ2) is 5.49. The zero-order chi connectivity index (χ0) is 13.1. The lowest BCUT2D eigenvalue weighted by molar-refractivity contribution is -0.149. The Kier molecular flexibility index (Phi) is 4.51. The normalized spacial score (nSPS) is 27.5. The first-order valence-corrected chi connectivity index (χ1v) is 6.10. The molecular formula is C12H21NO4. The summed E-state index contributed by atoms with van der Waals surface area (Å²) in [5.41, 5.74) is -1.19. The van der Waals surface area contributed by atoms with Crippen LogP contribution in [0.5, 0.6) is 0 Å². The Balaban J connectivity index is 2.61. The molecular weight excluding hydrogens is 222 g/mol. The molecule has 2 N–H and O–H groups in total. The predicted molar refractivity (Wildman–Crippen MR) is 62.7 cm³/mol. The van der Waals surface area contributed by atoms with Crippen LogP contribution in [0.15, 0.2) is 0 Å². The molecule has 0 saturated carbocycles. The summed E-state index contributed by atoms with van der Waals surface area (Å²) in [4.78, 5) is 23.1. The number of carbonyl (C=O) groups excluding carboxylic acids is 1. The molecule has 1 fully saturated rings. The quantitative estimate of drug-likeness (QED) is 0.763. The average molecular weight is 243 g/mol. The molecule has 1 aliphatic rings. The molecule has 1 rings (SSSR count). The number of ether oxygens (including phenoxy) is 1. The van der Waals surface area contributed by atoms with E-state index in [9.17, 15) is 9.59 Å². The van der Waals surface area contributed by atoms with Crippen molar-refractivity contribution >= 4 is 11.9 Å². The number of carboxylic acids is 1. The van der Waals surface area contributed by atoms with Gasteiger partial charge in [0, 0.05) is 0 Å². The smallest absolute Gasteiger partial charge is 0.329 e. The summed E-state index contributed by atoms with van der Waals surface area (Å²) < 4.78 is 5.42. The summed E-state index contributed by atoms with van der Waals surface area (Å²) in [6, 6.07) is 0. The van der Waals surface area contributed by atoms with Crippen LogP contribution in [-0.2, 0) is 14.3 Å². The minimum absolute atomic E-state index is 0.0769. The monoisotopic (exact) mass is 243 g/mol. The molecule has 1 amide bonds. The third-order valence-corrected chi connectivity index (χ3v) is 3.15. The van der Waals surface area contributed by atoms with Gasteiger partial charge in [-0.3, -0.25) is 4.79 Å². The molecule has 3 atom stereocenters. The summed E-state index contributed by atoms with van der Waals surface area (Å²) in [5.74, 6) is -1.31. The highest BCUT2D eigenvalue weighted by Gasteiger charge is 2.37. The molecule has 0 aliphatic carbocycles. The second-order valence-corrected chi connectivity index (χ2v) is 4.89. The van der Waals surface area contributed by atoms with E-state index in [1.165, 1.54) is 6.92 Å². The lowest BCUT2D eigenvalue weighted by atomic mass is 9.96. The Morgan fingerprint density at radius 2 is 2.12 bits per heavy atom. The number of rotatable bonds is 5. The molecule has 0 aromatic rings. The van der Waals surface area contributed by atoms with Crippen molar-refractivity contribution in [2.75, 3.05) is 0 Å². The number of amides is 1. The summed E-state index contributed by atoms with van der Waals surface area (Å²) in [6.07, 6.45) is 2.19. The Morgan fingerprint density at radius 3 is 2.53 bits per heavy atom. The van der Waals surface area contributed by atoms with Crippen LogP contribution in [0, 0.1) is 0 Å². The Labute approximate surface area is 102 Å². The molecule has 0 bridgehead atoms. The van der Waals surface area contributed by atoms with Gasteiger partial charge in [0.05, 0.1) is 6.10 Å². The number of hydrogen-bond donors (Lipinski definition) is 2. The van der Waals surface area contributed by atoms with Gasteiger partial charge in [0.15, 0.2) is 0 Å². The van der Waals surface area contributed by atoms with Crippen LogP contribution in [0.4, 0.5) is 0 Å². The van der Waals surface area contributed by atoms with Gasteiger partial charge >= 0.3 is 5.97 Å². The van der Waals surface area contributed by atoms with Gasteiger partial charge in [0.25, 0.3) is 0 Å². The van der Waals surface area contributed by atoms with Crippen molar-refractivity contribution in [1.29, 1.82) is 0 Å². The summed E-state index contributed by atoms with van der Waals surface area (Å²) in [5, 5.41) is 11.7. The van der Waals surface area contributed by atoms with Crippen molar-refractivity contribution < 1.29 is 19.4 Å². The largest absolute Gasteiger partial charge is 0.480 e. The minimum atomic E-state index is -1.19. The predicted octanol–water partition coefficient (Wildman–Crippen LogP) is 1.31. The fourth-order valence-corrected chi connectivity index (χ4v) is 2.07. The van der Waals surface area contributed by atoms with Crippen LogP contribution in [0.3, 0.4) is 0 Å². The maximum absolute atomic E-state index is 11.9. The van der Waals surface area contributed by atoms with Crippen LogP contribution in [-0.4, -0.2) is 34.7 Å². The molecule has 1 saturated heterocycles. The van der Waals surface area contributed by atoms with Gasteiger partial charge in [-0.25, -0.2) is 4.79 Å². The van der Waals surface area contributed by atoms with E-state index in [1.54, 1.807) is 0 Å². The number of carbonyl (C=O) groups is 2. The summed E-state index contributed by atoms with van der Waals surface area (Å²) in [6.45, 7) is 5.34. The first-order valence-electron chi connectivity index (χ1n) is 6.10.